The minimum Gasteiger partial charge on any atom is -0.337 e. The fourth-order valence-electron chi connectivity index (χ4n) is 3.83. The van der Waals surface area contributed by atoms with Crippen LogP contribution < -0.4 is 5.32 Å². The van der Waals surface area contributed by atoms with Gasteiger partial charge in [-0.2, -0.15) is 5.26 Å². The summed E-state index contributed by atoms with van der Waals surface area (Å²) < 4.78 is 28.4. The summed E-state index contributed by atoms with van der Waals surface area (Å²) in [6, 6.07) is 19.4. The second-order valence-electron chi connectivity index (χ2n) is 7.70. The first kappa shape index (κ1) is 21.1. The van der Waals surface area contributed by atoms with Gasteiger partial charge in [0.1, 0.15) is 30.1 Å². The van der Waals surface area contributed by atoms with Crippen LogP contribution in [-0.2, 0) is 11.3 Å². The normalized spacial score (nSPS) is 11.6. The zero-order valence-corrected chi connectivity index (χ0v) is 17.7. The zero-order chi connectivity index (χ0) is 23.7. The number of fused-ring (bicyclic) bond motifs is 2. The van der Waals surface area contributed by atoms with E-state index in [9.17, 15) is 18.8 Å². The van der Waals surface area contributed by atoms with Crippen molar-refractivity contribution < 1.29 is 13.6 Å². The summed E-state index contributed by atoms with van der Waals surface area (Å²) in [5, 5.41) is 13.4. The van der Waals surface area contributed by atoms with Crippen molar-refractivity contribution in [3.05, 3.63) is 95.9 Å². The molecule has 0 atom stereocenters. The number of benzene rings is 3. The largest absolute Gasteiger partial charge is 0.337 e. The summed E-state index contributed by atoms with van der Waals surface area (Å²) in [7, 11) is 0. The smallest absolute Gasteiger partial charge is 0.244 e. The van der Waals surface area contributed by atoms with Crippen LogP contribution in [0.2, 0.25) is 0 Å². The Bertz CT molecular complexity index is 1610. The van der Waals surface area contributed by atoms with Crippen molar-refractivity contribution in [2.24, 2.45) is 0 Å². The van der Waals surface area contributed by atoms with E-state index in [0.717, 1.165) is 16.5 Å². The number of halogens is 2. The lowest BCUT2D eigenvalue weighted by Crippen LogP contribution is -2.18. The Morgan fingerprint density at radius 2 is 1.85 bits per heavy atom. The number of allylic oxidation sites excluding steroid dienone is 1. The predicted molar refractivity (Wildman–Crippen MR) is 127 cm³/mol. The van der Waals surface area contributed by atoms with E-state index < -0.39 is 5.82 Å². The van der Waals surface area contributed by atoms with E-state index in [2.05, 4.69) is 21.4 Å². The van der Waals surface area contributed by atoms with Gasteiger partial charge in [-0.05, 0) is 54.6 Å². The molecule has 1 amide bonds. The van der Waals surface area contributed by atoms with E-state index in [1.54, 1.807) is 22.9 Å². The van der Waals surface area contributed by atoms with Gasteiger partial charge >= 0.3 is 0 Å². The molecule has 3 aromatic carbocycles. The highest BCUT2D eigenvalue weighted by atomic mass is 19.1. The Hall–Kier alpha value is -4.77. The lowest BCUT2D eigenvalue weighted by Gasteiger charge is -2.07. The summed E-state index contributed by atoms with van der Waals surface area (Å²) in [6.45, 7) is 0.0253. The molecule has 0 unspecified atom stereocenters. The fraction of sp³-hybridized carbons (Fsp3) is 0.0385. The number of nitriles is 1. The van der Waals surface area contributed by atoms with Crippen molar-refractivity contribution >= 4 is 45.2 Å². The number of nitrogens with zero attached hydrogens (tertiary/aromatic N) is 3. The molecule has 0 aliphatic rings. The minimum atomic E-state index is -0.396. The molecule has 6 nitrogen and oxygen atoms in total. The van der Waals surface area contributed by atoms with Crippen LogP contribution in [0.3, 0.4) is 0 Å². The average Bonchev–Trinajstić information content (AvgIpc) is 3.40. The number of hydrogen-bond acceptors (Lipinski definition) is 3. The number of aromatic nitrogens is 3. The van der Waals surface area contributed by atoms with Gasteiger partial charge in [0, 0.05) is 28.4 Å². The topological polar surface area (TPSA) is 86.5 Å². The van der Waals surface area contributed by atoms with E-state index in [0.29, 0.717) is 22.5 Å². The standard InChI is InChI=1S/C26H17F2N5O/c27-18-5-8-20(9-6-18)30-25(34)15-33-14-17(21-3-1-2-4-24(21)33)11-16(13-29)26-31-22-10-7-19(28)12-23(22)32-26/h1-12,14H,15H2,(H,30,34)(H,31,32)/b16-11-. The number of carbonyl (C=O) groups excluding carboxylic acids is 1. The molecule has 0 radical (unpaired) electrons. The van der Waals surface area contributed by atoms with Crippen LogP contribution in [0, 0.1) is 23.0 Å². The van der Waals surface area contributed by atoms with Crippen molar-refractivity contribution in [2.75, 3.05) is 5.32 Å². The van der Waals surface area contributed by atoms with Crippen LogP contribution in [0.4, 0.5) is 14.5 Å². The number of para-hydroxylation sites is 1. The summed E-state index contributed by atoms with van der Waals surface area (Å²) in [6.07, 6.45) is 3.47. The van der Waals surface area contributed by atoms with Crippen LogP contribution in [0.15, 0.2) is 72.9 Å². The van der Waals surface area contributed by atoms with Crippen LogP contribution in [0.1, 0.15) is 11.4 Å². The molecule has 0 aliphatic carbocycles. The van der Waals surface area contributed by atoms with Crippen molar-refractivity contribution in [3.63, 3.8) is 0 Å². The van der Waals surface area contributed by atoms with Gasteiger partial charge in [-0.25, -0.2) is 13.8 Å². The third-order valence-electron chi connectivity index (χ3n) is 5.38. The number of H-pyrrole nitrogens is 1. The maximum absolute atomic E-state index is 13.5. The van der Waals surface area contributed by atoms with E-state index in [1.807, 2.05) is 24.3 Å². The summed E-state index contributed by atoms with van der Waals surface area (Å²) >= 11 is 0. The molecule has 2 heterocycles. The number of rotatable bonds is 5. The van der Waals surface area contributed by atoms with Crippen molar-refractivity contribution in [1.29, 1.82) is 5.26 Å². The van der Waals surface area contributed by atoms with Crippen LogP contribution in [0.5, 0.6) is 0 Å². The number of imidazole rings is 1. The molecule has 0 saturated heterocycles. The quantitative estimate of drug-likeness (QED) is 0.345. The first-order chi connectivity index (χ1) is 16.5. The maximum Gasteiger partial charge on any atom is 0.244 e. The Balaban J connectivity index is 1.48. The van der Waals surface area contributed by atoms with Gasteiger partial charge in [0.15, 0.2) is 0 Å². The Labute approximate surface area is 192 Å². The van der Waals surface area contributed by atoms with Gasteiger partial charge in [0.25, 0.3) is 0 Å². The SMILES string of the molecule is N#C/C(=C/c1cn(CC(=O)Nc2ccc(F)cc2)c2ccccc12)c1nc2ccc(F)cc2[nH]1. The summed E-state index contributed by atoms with van der Waals surface area (Å²) in [5.41, 5.74) is 3.36. The monoisotopic (exact) mass is 453 g/mol. The van der Waals surface area contributed by atoms with Crippen molar-refractivity contribution in [1.82, 2.24) is 14.5 Å². The number of anilines is 1. The molecule has 2 N–H and O–H groups in total. The second kappa shape index (κ2) is 8.64. The second-order valence-corrected chi connectivity index (χ2v) is 7.70. The number of carbonyl (C=O) groups is 1. The molecule has 166 valence electrons. The Morgan fingerprint density at radius 3 is 2.65 bits per heavy atom. The summed E-state index contributed by atoms with van der Waals surface area (Å²) in [5.74, 6) is -0.724. The first-order valence-corrected chi connectivity index (χ1v) is 10.4. The van der Waals surface area contributed by atoms with Crippen LogP contribution >= 0.6 is 0 Å². The molecule has 2 aromatic heterocycles. The number of hydrogen-bond donors (Lipinski definition) is 2. The third kappa shape index (κ3) is 4.14. The van der Waals surface area contributed by atoms with Crippen LogP contribution in [0.25, 0.3) is 33.6 Å². The van der Waals surface area contributed by atoms with E-state index >= 15 is 0 Å². The number of amides is 1. The van der Waals surface area contributed by atoms with Gasteiger partial charge in [-0.15, -0.1) is 0 Å². The highest BCUT2D eigenvalue weighted by molar-refractivity contribution is 5.99. The molecule has 8 heteroatoms. The van der Waals surface area contributed by atoms with Gasteiger partial charge < -0.3 is 14.9 Å². The fourth-order valence-corrected chi connectivity index (χ4v) is 3.83. The van der Waals surface area contributed by atoms with Gasteiger partial charge in [-0.3, -0.25) is 4.79 Å². The molecule has 5 rings (SSSR count). The zero-order valence-electron chi connectivity index (χ0n) is 17.7. The highest BCUT2D eigenvalue weighted by Crippen LogP contribution is 2.26. The van der Waals surface area contributed by atoms with Crippen LogP contribution in [-0.4, -0.2) is 20.4 Å². The summed E-state index contributed by atoms with van der Waals surface area (Å²) in [4.78, 5) is 20.0. The van der Waals surface area contributed by atoms with Gasteiger partial charge in [0.2, 0.25) is 5.91 Å². The lowest BCUT2D eigenvalue weighted by molar-refractivity contribution is -0.116. The molecule has 0 bridgehead atoms. The van der Waals surface area contributed by atoms with Gasteiger partial charge in [-0.1, -0.05) is 18.2 Å². The molecule has 34 heavy (non-hydrogen) atoms. The van der Waals surface area contributed by atoms with Gasteiger partial charge in [0.05, 0.1) is 16.6 Å². The van der Waals surface area contributed by atoms with E-state index in [-0.39, 0.29) is 23.8 Å². The Kier molecular flexibility index (Phi) is 5.36. The highest BCUT2D eigenvalue weighted by Gasteiger charge is 2.13. The molecular weight excluding hydrogens is 436 g/mol. The van der Waals surface area contributed by atoms with E-state index in [4.69, 9.17) is 0 Å². The number of aromatic amines is 1. The van der Waals surface area contributed by atoms with E-state index in [1.165, 1.54) is 36.4 Å². The molecule has 0 saturated carbocycles. The lowest BCUT2D eigenvalue weighted by atomic mass is 10.1. The third-order valence-corrected chi connectivity index (χ3v) is 5.38. The predicted octanol–water partition coefficient (Wildman–Crippen LogP) is 5.50. The minimum absolute atomic E-state index is 0.0253. The van der Waals surface area contributed by atoms with Crippen molar-refractivity contribution in [2.45, 2.75) is 6.54 Å². The van der Waals surface area contributed by atoms with Crippen molar-refractivity contribution in [3.8, 4) is 6.07 Å². The molecule has 5 aromatic rings. The Morgan fingerprint density at radius 1 is 1.09 bits per heavy atom. The molecule has 0 aliphatic heterocycles. The first-order valence-electron chi connectivity index (χ1n) is 10.4. The molecular formula is C26H17F2N5O. The molecule has 0 fully saturated rings. The average molecular weight is 453 g/mol. The maximum atomic E-state index is 13.5. The molecule has 0 spiro atoms. The number of nitrogens with one attached hydrogen (secondary N) is 2.